The quantitative estimate of drug-likeness (QED) is 0.379. The highest BCUT2D eigenvalue weighted by Crippen LogP contribution is 2.49. The summed E-state index contributed by atoms with van der Waals surface area (Å²) in [7, 11) is 1.17. The van der Waals surface area contributed by atoms with E-state index in [2.05, 4.69) is 11.9 Å². The van der Waals surface area contributed by atoms with Gasteiger partial charge in [0.05, 0.1) is 19.3 Å². The molecular weight excluding hydrogens is 423 g/mol. The number of methoxy groups -OCH3 is 1. The first kappa shape index (κ1) is 23.4. The predicted molar refractivity (Wildman–Crippen MR) is 113 cm³/mol. The van der Waals surface area contributed by atoms with E-state index in [1.54, 1.807) is 31.2 Å². The molecule has 2 atom stereocenters. The summed E-state index contributed by atoms with van der Waals surface area (Å²) in [5.41, 5.74) is -1.57. The maximum Gasteiger partial charge on any atom is 0.416 e. The Kier molecular flexibility index (Phi) is 6.62. The third kappa shape index (κ3) is 4.09. The average Bonchev–Trinajstić information content (AvgIpc) is 2.88. The lowest BCUT2D eigenvalue weighted by Gasteiger charge is -2.35. The van der Waals surface area contributed by atoms with Crippen molar-refractivity contribution in [1.82, 2.24) is 0 Å². The van der Waals surface area contributed by atoms with Gasteiger partial charge in [-0.15, -0.1) is 6.58 Å². The molecule has 0 bridgehead atoms. The molecule has 2 aromatic carbocycles. The smallest absolute Gasteiger partial charge is 0.416 e. The minimum Gasteiger partial charge on any atom is -0.494 e. The zero-order valence-electron chi connectivity index (χ0n) is 17.8. The minimum atomic E-state index is -4.55. The maximum absolute atomic E-state index is 13.5. The van der Waals surface area contributed by atoms with Gasteiger partial charge in [-0.2, -0.15) is 13.2 Å². The van der Waals surface area contributed by atoms with Crippen LogP contribution in [0.2, 0.25) is 0 Å². The fourth-order valence-corrected chi connectivity index (χ4v) is 4.24. The summed E-state index contributed by atoms with van der Waals surface area (Å²) in [6.45, 7) is 5.82. The van der Waals surface area contributed by atoms with E-state index in [1.165, 1.54) is 19.3 Å². The number of para-hydroxylation sites is 1. The lowest BCUT2D eigenvalue weighted by Crippen LogP contribution is -2.47. The molecule has 8 heteroatoms. The first-order chi connectivity index (χ1) is 15.2. The van der Waals surface area contributed by atoms with Crippen molar-refractivity contribution in [3.05, 3.63) is 71.8 Å². The molecule has 0 radical (unpaired) electrons. The summed E-state index contributed by atoms with van der Waals surface area (Å²) < 4.78 is 50.9. The van der Waals surface area contributed by atoms with Crippen LogP contribution in [0.25, 0.3) is 0 Å². The van der Waals surface area contributed by atoms with Crippen LogP contribution in [0.15, 0.2) is 55.1 Å². The van der Waals surface area contributed by atoms with Crippen molar-refractivity contribution >= 4 is 17.6 Å². The molecule has 0 saturated heterocycles. The first-order valence-electron chi connectivity index (χ1n) is 10.1. The van der Waals surface area contributed by atoms with Crippen molar-refractivity contribution in [3.63, 3.8) is 0 Å². The molecule has 1 heterocycles. The number of nitrogens with one attached hydrogen (secondary N) is 1. The fourth-order valence-electron chi connectivity index (χ4n) is 4.24. The third-order valence-corrected chi connectivity index (χ3v) is 5.72. The summed E-state index contributed by atoms with van der Waals surface area (Å²) in [6, 6.07) is 10.0. The van der Waals surface area contributed by atoms with Crippen LogP contribution >= 0.6 is 0 Å². The molecular formula is C24H24F3NO4. The molecule has 0 aliphatic carbocycles. The first-order valence-corrected chi connectivity index (χ1v) is 10.1. The third-order valence-electron chi connectivity index (χ3n) is 5.72. The summed E-state index contributed by atoms with van der Waals surface area (Å²) in [5.74, 6) is -1.88. The number of anilines is 1. The zero-order valence-corrected chi connectivity index (χ0v) is 17.8. The van der Waals surface area contributed by atoms with Crippen molar-refractivity contribution < 1.29 is 32.2 Å². The highest BCUT2D eigenvalue weighted by molar-refractivity contribution is 6.11. The summed E-state index contributed by atoms with van der Waals surface area (Å²) in [5, 5.41) is 2.65. The van der Waals surface area contributed by atoms with E-state index in [0.29, 0.717) is 17.9 Å². The Morgan fingerprint density at radius 1 is 1.28 bits per heavy atom. The van der Waals surface area contributed by atoms with Gasteiger partial charge in [-0.1, -0.05) is 24.3 Å². The standard InChI is InChI=1S/C24H24F3NO4/c1-4-12-23(22(30)31-3)18(17-8-6-7-9-20(17)32-5-2)14-15-13-16(24(25,26)27)10-11-19(15)28-21(23)29/h4,6-11,13,18H,1,5,12,14H2,2-3H3,(H,28,29). The Bertz CT molecular complexity index is 1030. The molecule has 5 nitrogen and oxygen atoms in total. The van der Waals surface area contributed by atoms with Crippen LogP contribution in [-0.4, -0.2) is 25.6 Å². The fraction of sp³-hybridized carbons (Fsp3) is 0.333. The number of esters is 1. The van der Waals surface area contributed by atoms with E-state index < -0.39 is 34.9 Å². The summed E-state index contributed by atoms with van der Waals surface area (Å²) in [6.07, 6.45) is -3.21. The number of carbonyl (C=O) groups is 2. The molecule has 0 aromatic heterocycles. The van der Waals surface area contributed by atoms with E-state index >= 15 is 0 Å². The van der Waals surface area contributed by atoms with Crippen LogP contribution in [0.3, 0.4) is 0 Å². The molecule has 1 amide bonds. The van der Waals surface area contributed by atoms with Gasteiger partial charge < -0.3 is 14.8 Å². The Morgan fingerprint density at radius 3 is 2.62 bits per heavy atom. The molecule has 3 rings (SSSR count). The van der Waals surface area contributed by atoms with Gasteiger partial charge >= 0.3 is 12.1 Å². The molecule has 0 spiro atoms. The second-order valence-electron chi connectivity index (χ2n) is 7.51. The predicted octanol–water partition coefficient (Wildman–Crippen LogP) is 5.12. The van der Waals surface area contributed by atoms with Gasteiger partial charge in [0.2, 0.25) is 5.91 Å². The second-order valence-corrected chi connectivity index (χ2v) is 7.51. The van der Waals surface area contributed by atoms with E-state index in [4.69, 9.17) is 9.47 Å². The summed E-state index contributed by atoms with van der Waals surface area (Å²) >= 11 is 0. The molecule has 2 unspecified atom stereocenters. The molecule has 1 aliphatic heterocycles. The van der Waals surface area contributed by atoms with Crippen molar-refractivity contribution in [3.8, 4) is 5.75 Å². The van der Waals surface area contributed by atoms with E-state index in [1.807, 2.05) is 0 Å². The van der Waals surface area contributed by atoms with Crippen molar-refractivity contribution in [1.29, 1.82) is 0 Å². The van der Waals surface area contributed by atoms with Crippen LogP contribution in [0.5, 0.6) is 5.75 Å². The van der Waals surface area contributed by atoms with Crippen LogP contribution in [0.1, 0.15) is 36.0 Å². The van der Waals surface area contributed by atoms with E-state index in [9.17, 15) is 22.8 Å². The number of rotatable bonds is 6. The van der Waals surface area contributed by atoms with Crippen molar-refractivity contribution in [2.24, 2.45) is 5.41 Å². The van der Waals surface area contributed by atoms with Gasteiger partial charge in [0.1, 0.15) is 5.75 Å². The number of amides is 1. The van der Waals surface area contributed by atoms with E-state index in [0.717, 1.165) is 12.1 Å². The van der Waals surface area contributed by atoms with Gasteiger partial charge in [-0.25, -0.2) is 0 Å². The van der Waals surface area contributed by atoms with Crippen LogP contribution < -0.4 is 10.1 Å². The normalized spacial score (nSPS) is 20.5. The molecule has 32 heavy (non-hydrogen) atoms. The number of ether oxygens (including phenoxy) is 2. The average molecular weight is 447 g/mol. The maximum atomic E-state index is 13.5. The number of halogens is 3. The number of allylic oxidation sites excluding steroid dienone is 1. The van der Waals surface area contributed by atoms with Gasteiger partial charge in [0, 0.05) is 11.6 Å². The van der Waals surface area contributed by atoms with Crippen LogP contribution in [-0.2, 0) is 26.9 Å². The topological polar surface area (TPSA) is 64.6 Å². The van der Waals surface area contributed by atoms with Gasteiger partial charge in [0.25, 0.3) is 0 Å². The van der Waals surface area contributed by atoms with Crippen LogP contribution in [0.4, 0.5) is 18.9 Å². The lowest BCUT2D eigenvalue weighted by atomic mass is 9.67. The Labute approximate surface area is 184 Å². The van der Waals surface area contributed by atoms with Crippen molar-refractivity contribution in [2.45, 2.75) is 31.9 Å². The molecule has 1 N–H and O–H groups in total. The molecule has 2 aromatic rings. The van der Waals surface area contributed by atoms with Gasteiger partial charge in [-0.3, -0.25) is 9.59 Å². The highest BCUT2D eigenvalue weighted by Gasteiger charge is 2.55. The highest BCUT2D eigenvalue weighted by atomic mass is 19.4. The lowest BCUT2D eigenvalue weighted by molar-refractivity contribution is -0.158. The summed E-state index contributed by atoms with van der Waals surface area (Å²) in [4.78, 5) is 26.6. The monoisotopic (exact) mass is 447 g/mol. The van der Waals surface area contributed by atoms with Gasteiger partial charge in [0.15, 0.2) is 5.41 Å². The number of hydrogen-bond donors (Lipinski definition) is 1. The van der Waals surface area contributed by atoms with E-state index in [-0.39, 0.29) is 24.1 Å². The zero-order chi connectivity index (χ0) is 23.5. The Morgan fingerprint density at radius 2 is 2.00 bits per heavy atom. The number of fused-ring (bicyclic) bond motifs is 1. The van der Waals surface area contributed by atoms with Gasteiger partial charge in [-0.05, 0) is 55.2 Å². The molecule has 0 saturated carbocycles. The van der Waals surface area contributed by atoms with Crippen LogP contribution in [0, 0.1) is 5.41 Å². The number of alkyl halides is 3. The molecule has 0 fully saturated rings. The Hall–Kier alpha value is -3.29. The number of carbonyl (C=O) groups excluding carboxylic acids is 2. The SMILES string of the molecule is C=CCC1(C(=O)OC)C(=O)Nc2ccc(C(F)(F)F)cc2CC1c1ccccc1OCC. The second kappa shape index (κ2) is 9.06. The largest absolute Gasteiger partial charge is 0.494 e. The van der Waals surface area contributed by atoms with Crippen molar-refractivity contribution in [2.75, 3.05) is 19.0 Å². The number of hydrogen-bond acceptors (Lipinski definition) is 4. The molecule has 1 aliphatic rings. The number of benzene rings is 2. The Balaban J connectivity index is 2.29. The minimum absolute atomic E-state index is 0.0228. The molecule has 170 valence electrons.